The molecule has 2 aliphatic rings. The van der Waals surface area contributed by atoms with Crippen molar-refractivity contribution in [2.24, 2.45) is 11.8 Å². The molecule has 1 unspecified atom stereocenters. The second-order valence-electron chi connectivity index (χ2n) is 8.01. The molecule has 1 atom stereocenters. The van der Waals surface area contributed by atoms with Crippen LogP contribution in [0, 0.1) is 11.8 Å². The van der Waals surface area contributed by atoms with Crippen molar-refractivity contribution in [2.75, 3.05) is 20.6 Å². The summed E-state index contributed by atoms with van der Waals surface area (Å²) in [6.45, 7) is 5.93. The highest BCUT2D eigenvalue weighted by Crippen LogP contribution is 2.42. The fourth-order valence-corrected chi connectivity index (χ4v) is 4.91. The normalized spacial score (nSPS) is 31.3. The minimum atomic E-state index is 0.415. The monoisotopic (exact) mass is 294 g/mol. The van der Waals surface area contributed by atoms with Gasteiger partial charge in [0.1, 0.15) is 0 Å². The maximum absolute atomic E-state index is 4.00. The number of rotatable bonds is 6. The summed E-state index contributed by atoms with van der Waals surface area (Å²) in [5.41, 5.74) is 0.415. The second kappa shape index (κ2) is 7.97. The zero-order valence-electron chi connectivity index (χ0n) is 15.0. The molecule has 0 heterocycles. The Morgan fingerprint density at radius 1 is 1.05 bits per heavy atom. The summed E-state index contributed by atoms with van der Waals surface area (Å²) < 4.78 is 0. The van der Waals surface area contributed by atoms with Gasteiger partial charge in [0.05, 0.1) is 0 Å². The van der Waals surface area contributed by atoms with E-state index in [9.17, 15) is 0 Å². The fourth-order valence-electron chi connectivity index (χ4n) is 4.91. The SMILES string of the molecule is CCCNC(C1CCC(C)CC1)C1(N(C)C)CCCCC1. The molecule has 0 spiro atoms. The van der Waals surface area contributed by atoms with Crippen LogP contribution < -0.4 is 5.32 Å². The molecule has 1 N–H and O–H groups in total. The van der Waals surface area contributed by atoms with E-state index >= 15 is 0 Å². The van der Waals surface area contributed by atoms with Gasteiger partial charge in [-0.2, -0.15) is 0 Å². The summed E-state index contributed by atoms with van der Waals surface area (Å²) in [6, 6.07) is 0.709. The number of likely N-dealkylation sites (N-methyl/N-ethyl adjacent to an activating group) is 1. The molecule has 2 aliphatic carbocycles. The smallest absolute Gasteiger partial charge is 0.0359 e. The van der Waals surface area contributed by atoms with Gasteiger partial charge in [-0.15, -0.1) is 0 Å². The van der Waals surface area contributed by atoms with E-state index in [2.05, 4.69) is 38.2 Å². The quantitative estimate of drug-likeness (QED) is 0.779. The van der Waals surface area contributed by atoms with E-state index in [1.807, 2.05) is 0 Å². The minimum Gasteiger partial charge on any atom is -0.312 e. The Hall–Kier alpha value is -0.0800. The highest BCUT2D eigenvalue weighted by Gasteiger charge is 2.45. The van der Waals surface area contributed by atoms with Gasteiger partial charge in [0.15, 0.2) is 0 Å². The van der Waals surface area contributed by atoms with E-state index in [0.29, 0.717) is 11.6 Å². The molecule has 2 rings (SSSR count). The molecule has 124 valence electrons. The van der Waals surface area contributed by atoms with Crippen LogP contribution in [0.15, 0.2) is 0 Å². The van der Waals surface area contributed by atoms with Crippen molar-refractivity contribution >= 4 is 0 Å². The number of nitrogens with zero attached hydrogens (tertiary/aromatic N) is 1. The standard InChI is InChI=1S/C19H38N2/c1-5-15-20-18(17-11-9-16(2)10-12-17)19(21(3)4)13-7-6-8-14-19/h16-18,20H,5-15H2,1-4H3. The van der Waals surface area contributed by atoms with E-state index in [4.69, 9.17) is 0 Å². The molecule has 0 saturated heterocycles. The Kier molecular flexibility index (Phi) is 6.55. The van der Waals surface area contributed by atoms with Gasteiger partial charge < -0.3 is 10.2 Å². The van der Waals surface area contributed by atoms with Gasteiger partial charge >= 0.3 is 0 Å². The lowest BCUT2D eigenvalue weighted by Crippen LogP contribution is -2.63. The molecule has 0 aliphatic heterocycles. The molecule has 0 amide bonds. The van der Waals surface area contributed by atoms with Gasteiger partial charge in [0.25, 0.3) is 0 Å². The Morgan fingerprint density at radius 3 is 2.19 bits per heavy atom. The molecule has 2 nitrogen and oxygen atoms in total. The van der Waals surface area contributed by atoms with Crippen LogP contribution in [0.1, 0.15) is 78.1 Å². The van der Waals surface area contributed by atoms with E-state index < -0.39 is 0 Å². The number of nitrogens with one attached hydrogen (secondary N) is 1. The second-order valence-corrected chi connectivity index (χ2v) is 8.01. The maximum atomic E-state index is 4.00. The first kappa shape index (κ1) is 17.3. The highest BCUT2D eigenvalue weighted by molar-refractivity contribution is 5.03. The van der Waals surface area contributed by atoms with E-state index in [1.54, 1.807) is 0 Å². The summed E-state index contributed by atoms with van der Waals surface area (Å²) in [5.74, 6) is 1.85. The molecular formula is C19H38N2. The van der Waals surface area contributed by atoms with Gasteiger partial charge in [0.2, 0.25) is 0 Å². The summed E-state index contributed by atoms with van der Waals surface area (Å²) in [4.78, 5) is 2.58. The minimum absolute atomic E-state index is 0.415. The Bertz CT molecular complexity index is 286. The van der Waals surface area contributed by atoms with Crippen molar-refractivity contribution in [3.8, 4) is 0 Å². The maximum Gasteiger partial charge on any atom is 0.0359 e. The van der Waals surface area contributed by atoms with Crippen LogP contribution in [0.5, 0.6) is 0 Å². The van der Waals surface area contributed by atoms with Crippen molar-refractivity contribution in [1.82, 2.24) is 10.2 Å². The van der Waals surface area contributed by atoms with Gasteiger partial charge in [-0.25, -0.2) is 0 Å². The molecule has 0 aromatic rings. The topological polar surface area (TPSA) is 15.3 Å². The van der Waals surface area contributed by atoms with Crippen molar-refractivity contribution in [1.29, 1.82) is 0 Å². The zero-order valence-corrected chi connectivity index (χ0v) is 15.0. The molecule has 2 saturated carbocycles. The number of hydrogen-bond acceptors (Lipinski definition) is 2. The first-order valence-corrected chi connectivity index (χ1v) is 9.51. The highest BCUT2D eigenvalue weighted by atomic mass is 15.2. The van der Waals surface area contributed by atoms with Crippen LogP contribution in [0.2, 0.25) is 0 Å². The van der Waals surface area contributed by atoms with Crippen LogP contribution >= 0.6 is 0 Å². The molecule has 2 heteroatoms. The average molecular weight is 295 g/mol. The molecule has 2 fully saturated rings. The molecule has 0 aromatic heterocycles. The van der Waals surface area contributed by atoms with Crippen LogP contribution in [-0.2, 0) is 0 Å². The lowest BCUT2D eigenvalue weighted by Gasteiger charge is -2.52. The number of hydrogen-bond donors (Lipinski definition) is 1. The Morgan fingerprint density at radius 2 is 1.67 bits per heavy atom. The zero-order chi connectivity index (χ0) is 15.3. The van der Waals surface area contributed by atoms with E-state index in [0.717, 1.165) is 11.8 Å². The average Bonchev–Trinajstić information content (AvgIpc) is 2.50. The van der Waals surface area contributed by atoms with Crippen molar-refractivity contribution < 1.29 is 0 Å². The third-order valence-electron chi connectivity index (χ3n) is 6.34. The summed E-state index contributed by atoms with van der Waals surface area (Å²) in [5, 5.41) is 4.00. The van der Waals surface area contributed by atoms with Gasteiger partial charge in [0, 0.05) is 11.6 Å². The Labute approximate surface area is 133 Å². The molecule has 0 aromatic carbocycles. The van der Waals surface area contributed by atoms with Crippen LogP contribution in [-0.4, -0.2) is 37.1 Å². The van der Waals surface area contributed by atoms with Crippen molar-refractivity contribution in [3.63, 3.8) is 0 Å². The van der Waals surface area contributed by atoms with Crippen LogP contribution in [0.25, 0.3) is 0 Å². The fraction of sp³-hybridized carbons (Fsp3) is 1.00. The van der Waals surface area contributed by atoms with E-state index in [-0.39, 0.29) is 0 Å². The van der Waals surface area contributed by atoms with Crippen LogP contribution in [0.3, 0.4) is 0 Å². The first-order chi connectivity index (χ1) is 10.1. The third-order valence-corrected chi connectivity index (χ3v) is 6.34. The van der Waals surface area contributed by atoms with Crippen molar-refractivity contribution in [2.45, 2.75) is 89.6 Å². The summed E-state index contributed by atoms with van der Waals surface area (Å²) in [6.07, 6.45) is 14.1. The van der Waals surface area contributed by atoms with Gasteiger partial charge in [-0.3, -0.25) is 0 Å². The first-order valence-electron chi connectivity index (χ1n) is 9.51. The molecular weight excluding hydrogens is 256 g/mol. The lowest BCUT2D eigenvalue weighted by molar-refractivity contribution is 0.0207. The van der Waals surface area contributed by atoms with Gasteiger partial charge in [-0.05, 0) is 64.6 Å². The summed E-state index contributed by atoms with van der Waals surface area (Å²) >= 11 is 0. The van der Waals surface area contributed by atoms with Crippen LogP contribution in [0.4, 0.5) is 0 Å². The predicted molar refractivity (Wildman–Crippen MR) is 92.7 cm³/mol. The predicted octanol–water partition coefficient (Wildman–Crippen LogP) is 4.45. The Balaban J connectivity index is 2.15. The molecule has 0 radical (unpaired) electrons. The van der Waals surface area contributed by atoms with Gasteiger partial charge in [-0.1, -0.05) is 46.0 Å². The third kappa shape index (κ3) is 4.01. The van der Waals surface area contributed by atoms with E-state index in [1.165, 1.54) is 70.8 Å². The summed E-state index contributed by atoms with van der Waals surface area (Å²) in [7, 11) is 4.66. The lowest BCUT2D eigenvalue weighted by atomic mass is 9.67. The largest absolute Gasteiger partial charge is 0.312 e. The molecule has 21 heavy (non-hydrogen) atoms. The molecule has 0 bridgehead atoms. The van der Waals surface area contributed by atoms with Crippen molar-refractivity contribution in [3.05, 3.63) is 0 Å².